The van der Waals surface area contributed by atoms with Gasteiger partial charge in [0.05, 0.1) is 17.4 Å². The molecule has 0 saturated heterocycles. The Labute approximate surface area is 101 Å². The molecule has 0 spiro atoms. The van der Waals surface area contributed by atoms with E-state index in [2.05, 4.69) is 20.3 Å². The smallest absolute Gasteiger partial charge is 0.329 e. The van der Waals surface area contributed by atoms with E-state index in [4.69, 9.17) is 5.11 Å². The number of fused-ring (bicyclic) bond motifs is 1. The second-order valence-electron chi connectivity index (χ2n) is 4.34. The molecule has 1 saturated carbocycles. The van der Waals surface area contributed by atoms with Gasteiger partial charge in [0.1, 0.15) is 5.54 Å². The third-order valence-electron chi connectivity index (χ3n) is 3.05. The Morgan fingerprint density at radius 3 is 2.83 bits per heavy atom. The number of carboxylic acids is 1. The van der Waals surface area contributed by atoms with E-state index in [-0.39, 0.29) is 0 Å². The standard InChI is InChI=1S/C11H10N4O3/c16-9(15-11(1-2-11)10(17)18)6-3-7-8(12-4-6)14-5-13-7/h3-5H,1-2H2,(H,15,16)(H,17,18)(H,12,13,14). The zero-order valence-corrected chi connectivity index (χ0v) is 9.30. The van der Waals surface area contributed by atoms with Gasteiger partial charge in [0.25, 0.3) is 5.91 Å². The second-order valence-corrected chi connectivity index (χ2v) is 4.34. The Kier molecular flexibility index (Phi) is 2.09. The van der Waals surface area contributed by atoms with Crippen LogP contribution >= 0.6 is 0 Å². The van der Waals surface area contributed by atoms with E-state index < -0.39 is 17.4 Å². The fourth-order valence-electron chi connectivity index (χ4n) is 1.76. The van der Waals surface area contributed by atoms with Gasteiger partial charge in [0.2, 0.25) is 0 Å². The number of carboxylic acid groups (broad SMARTS) is 1. The summed E-state index contributed by atoms with van der Waals surface area (Å²) in [7, 11) is 0. The van der Waals surface area contributed by atoms with Crippen LogP contribution in [0.4, 0.5) is 0 Å². The number of aromatic amines is 1. The van der Waals surface area contributed by atoms with Crippen LogP contribution in [0.5, 0.6) is 0 Å². The topological polar surface area (TPSA) is 108 Å². The third kappa shape index (κ3) is 1.60. The maximum absolute atomic E-state index is 11.9. The van der Waals surface area contributed by atoms with Crippen LogP contribution in [-0.2, 0) is 4.79 Å². The predicted octanol–water partition coefficient (Wildman–Crippen LogP) is 0.305. The van der Waals surface area contributed by atoms with Gasteiger partial charge in [-0.05, 0) is 18.9 Å². The molecule has 1 aliphatic carbocycles. The van der Waals surface area contributed by atoms with Crippen molar-refractivity contribution in [2.45, 2.75) is 18.4 Å². The number of hydrogen-bond acceptors (Lipinski definition) is 4. The van der Waals surface area contributed by atoms with Crippen LogP contribution < -0.4 is 5.32 Å². The molecule has 7 heteroatoms. The van der Waals surface area contributed by atoms with Crippen molar-refractivity contribution in [2.75, 3.05) is 0 Å². The maximum atomic E-state index is 11.9. The predicted molar refractivity (Wildman–Crippen MR) is 61.0 cm³/mol. The van der Waals surface area contributed by atoms with Crippen LogP contribution in [0.15, 0.2) is 18.6 Å². The SMILES string of the molecule is O=C(NC1(C(=O)O)CC1)c1cnc2nc[nH]c2c1. The number of aliphatic carboxylic acids is 1. The molecule has 18 heavy (non-hydrogen) atoms. The monoisotopic (exact) mass is 246 g/mol. The first kappa shape index (κ1) is 10.7. The molecule has 0 aromatic carbocycles. The van der Waals surface area contributed by atoms with Gasteiger partial charge in [-0.3, -0.25) is 4.79 Å². The molecular formula is C11H10N4O3. The Morgan fingerprint density at radius 1 is 1.39 bits per heavy atom. The van der Waals surface area contributed by atoms with Crippen molar-refractivity contribution in [2.24, 2.45) is 0 Å². The molecule has 1 amide bonds. The van der Waals surface area contributed by atoms with Crippen molar-refractivity contribution in [3.63, 3.8) is 0 Å². The molecule has 1 aliphatic rings. The fraction of sp³-hybridized carbons (Fsp3) is 0.273. The molecular weight excluding hydrogens is 236 g/mol. The molecule has 1 fully saturated rings. The summed E-state index contributed by atoms with van der Waals surface area (Å²) in [6.45, 7) is 0. The van der Waals surface area contributed by atoms with Crippen molar-refractivity contribution in [1.29, 1.82) is 0 Å². The van der Waals surface area contributed by atoms with Gasteiger partial charge in [0, 0.05) is 6.20 Å². The molecule has 0 aliphatic heterocycles. The summed E-state index contributed by atoms with van der Waals surface area (Å²) < 4.78 is 0. The highest BCUT2D eigenvalue weighted by Crippen LogP contribution is 2.35. The lowest BCUT2D eigenvalue weighted by Crippen LogP contribution is -2.43. The number of aromatic nitrogens is 3. The van der Waals surface area contributed by atoms with E-state index in [1.807, 2.05) is 0 Å². The molecule has 3 N–H and O–H groups in total. The maximum Gasteiger partial charge on any atom is 0.329 e. The lowest BCUT2D eigenvalue weighted by molar-refractivity contribution is -0.140. The van der Waals surface area contributed by atoms with Crippen LogP contribution in [0.25, 0.3) is 11.2 Å². The first-order valence-corrected chi connectivity index (χ1v) is 5.46. The highest BCUT2D eigenvalue weighted by atomic mass is 16.4. The minimum absolute atomic E-state index is 0.319. The van der Waals surface area contributed by atoms with Crippen molar-refractivity contribution in [1.82, 2.24) is 20.3 Å². The molecule has 3 rings (SSSR count). The van der Waals surface area contributed by atoms with E-state index in [9.17, 15) is 9.59 Å². The lowest BCUT2D eigenvalue weighted by Gasteiger charge is -2.11. The number of carbonyl (C=O) groups is 2. The molecule has 0 radical (unpaired) electrons. The largest absolute Gasteiger partial charge is 0.480 e. The minimum atomic E-state index is -1.08. The zero-order chi connectivity index (χ0) is 12.8. The number of amides is 1. The van der Waals surface area contributed by atoms with E-state index in [1.165, 1.54) is 12.5 Å². The van der Waals surface area contributed by atoms with Gasteiger partial charge in [-0.2, -0.15) is 0 Å². The number of rotatable bonds is 3. The van der Waals surface area contributed by atoms with Gasteiger partial charge < -0.3 is 15.4 Å². The Bertz CT molecular complexity index is 645. The van der Waals surface area contributed by atoms with Gasteiger partial charge in [-0.15, -0.1) is 0 Å². The first-order valence-electron chi connectivity index (χ1n) is 5.46. The number of nitrogens with zero attached hydrogens (tertiary/aromatic N) is 2. The van der Waals surface area contributed by atoms with Crippen LogP contribution in [-0.4, -0.2) is 37.5 Å². The number of nitrogens with one attached hydrogen (secondary N) is 2. The number of pyridine rings is 1. The number of imidazole rings is 1. The van der Waals surface area contributed by atoms with E-state index >= 15 is 0 Å². The number of carbonyl (C=O) groups excluding carboxylic acids is 1. The van der Waals surface area contributed by atoms with Gasteiger partial charge >= 0.3 is 5.97 Å². The Balaban J connectivity index is 1.86. The quantitative estimate of drug-likeness (QED) is 0.722. The summed E-state index contributed by atoms with van der Waals surface area (Å²) in [6.07, 6.45) is 3.80. The van der Waals surface area contributed by atoms with Crippen LogP contribution in [0.2, 0.25) is 0 Å². The molecule has 2 aromatic heterocycles. The van der Waals surface area contributed by atoms with E-state index in [1.54, 1.807) is 6.07 Å². The summed E-state index contributed by atoms with van der Waals surface area (Å²) >= 11 is 0. The van der Waals surface area contributed by atoms with Gasteiger partial charge in [-0.1, -0.05) is 0 Å². The molecule has 2 heterocycles. The van der Waals surface area contributed by atoms with Crippen molar-refractivity contribution < 1.29 is 14.7 Å². The lowest BCUT2D eigenvalue weighted by atomic mass is 10.2. The third-order valence-corrected chi connectivity index (χ3v) is 3.05. The number of H-pyrrole nitrogens is 1. The molecule has 7 nitrogen and oxygen atoms in total. The molecule has 0 bridgehead atoms. The zero-order valence-electron chi connectivity index (χ0n) is 9.30. The minimum Gasteiger partial charge on any atom is -0.480 e. The molecule has 0 atom stereocenters. The highest BCUT2D eigenvalue weighted by molar-refractivity contribution is 6.00. The molecule has 0 unspecified atom stereocenters. The fourth-order valence-corrected chi connectivity index (χ4v) is 1.76. The summed E-state index contributed by atoms with van der Waals surface area (Å²) in [5.74, 6) is -1.43. The van der Waals surface area contributed by atoms with Crippen molar-refractivity contribution >= 4 is 23.0 Å². The van der Waals surface area contributed by atoms with Crippen LogP contribution in [0, 0.1) is 0 Å². The Hall–Kier alpha value is -2.44. The molecule has 92 valence electrons. The first-order chi connectivity index (χ1) is 8.61. The summed E-state index contributed by atoms with van der Waals surface area (Å²) in [5.41, 5.74) is 0.396. The van der Waals surface area contributed by atoms with Gasteiger partial charge in [0.15, 0.2) is 5.65 Å². The summed E-state index contributed by atoms with van der Waals surface area (Å²) in [5, 5.41) is 11.5. The van der Waals surface area contributed by atoms with Crippen LogP contribution in [0.1, 0.15) is 23.2 Å². The number of hydrogen-bond donors (Lipinski definition) is 3. The van der Waals surface area contributed by atoms with Gasteiger partial charge in [-0.25, -0.2) is 14.8 Å². The second kappa shape index (κ2) is 3.52. The highest BCUT2D eigenvalue weighted by Gasteiger charge is 2.51. The van der Waals surface area contributed by atoms with E-state index in [0.717, 1.165) is 0 Å². The normalized spacial score (nSPS) is 16.4. The van der Waals surface area contributed by atoms with Crippen molar-refractivity contribution in [3.05, 3.63) is 24.2 Å². The average Bonchev–Trinajstić information content (AvgIpc) is 2.98. The van der Waals surface area contributed by atoms with Crippen LogP contribution in [0.3, 0.4) is 0 Å². The molecule has 2 aromatic rings. The van der Waals surface area contributed by atoms with Crippen molar-refractivity contribution in [3.8, 4) is 0 Å². The summed E-state index contributed by atoms with van der Waals surface area (Å²) in [4.78, 5) is 33.7. The van der Waals surface area contributed by atoms with E-state index in [0.29, 0.717) is 29.6 Å². The Morgan fingerprint density at radius 2 is 2.17 bits per heavy atom. The average molecular weight is 246 g/mol. The summed E-state index contributed by atoms with van der Waals surface area (Å²) in [6, 6.07) is 1.60.